The first kappa shape index (κ1) is 25.8. The summed E-state index contributed by atoms with van der Waals surface area (Å²) in [7, 11) is 0. The first-order chi connectivity index (χ1) is 19.5. The summed E-state index contributed by atoms with van der Waals surface area (Å²) < 4.78 is 26.9. The molecular formula is C31H22FN3O3S2. The molecule has 3 aromatic carbocycles. The number of hydrogen-bond acceptors (Lipinski definition) is 6. The predicted octanol–water partition coefficient (Wildman–Crippen LogP) is 7.25. The van der Waals surface area contributed by atoms with Crippen molar-refractivity contribution in [1.82, 2.24) is 14.7 Å². The van der Waals surface area contributed by atoms with E-state index in [1.807, 2.05) is 72.9 Å². The van der Waals surface area contributed by atoms with Gasteiger partial charge in [0.1, 0.15) is 33.9 Å². The van der Waals surface area contributed by atoms with Gasteiger partial charge in [0.2, 0.25) is 0 Å². The second-order valence-corrected chi connectivity index (χ2v) is 10.7. The number of hydrogen-bond donors (Lipinski definition) is 0. The molecule has 6 rings (SSSR count). The number of benzene rings is 3. The average Bonchev–Trinajstić information content (AvgIpc) is 3.71. The number of thioether (sulfide) groups is 1. The zero-order valence-corrected chi connectivity index (χ0v) is 22.7. The van der Waals surface area contributed by atoms with Crippen LogP contribution in [0.3, 0.4) is 0 Å². The van der Waals surface area contributed by atoms with E-state index in [9.17, 15) is 9.18 Å². The number of carbonyl (C=O) groups excluding carboxylic acids is 1. The highest BCUT2D eigenvalue weighted by atomic mass is 32.2. The van der Waals surface area contributed by atoms with Crippen molar-refractivity contribution < 1.29 is 18.3 Å². The highest BCUT2D eigenvalue weighted by molar-refractivity contribution is 8.26. The normalized spacial score (nSPS) is 14.3. The van der Waals surface area contributed by atoms with E-state index in [1.54, 1.807) is 29.1 Å². The lowest BCUT2D eigenvalue weighted by Crippen LogP contribution is -2.27. The van der Waals surface area contributed by atoms with Crippen LogP contribution in [-0.2, 0) is 17.9 Å². The summed E-state index contributed by atoms with van der Waals surface area (Å²) in [5.74, 6) is 0.839. The van der Waals surface area contributed by atoms with Crippen LogP contribution < -0.4 is 4.74 Å². The molecule has 3 heterocycles. The van der Waals surface area contributed by atoms with E-state index in [0.717, 1.165) is 22.4 Å². The van der Waals surface area contributed by atoms with E-state index >= 15 is 0 Å². The smallest absolute Gasteiger partial charge is 0.266 e. The summed E-state index contributed by atoms with van der Waals surface area (Å²) in [4.78, 5) is 15.3. The van der Waals surface area contributed by atoms with Gasteiger partial charge in [0, 0.05) is 17.3 Å². The average molecular weight is 568 g/mol. The van der Waals surface area contributed by atoms with Crippen molar-refractivity contribution in [2.45, 2.75) is 13.2 Å². The van der Waals surface area contributed by atoms with E-state index in [0.29, 0.717) is 33.0 Å². The van der Waals surface area contributed by atoms with E-state index < -0.39 is 0 Å². The lowest BCUT2D eigenvalue weighted by atomic mass is 10.1. The van der Waals surface area contributed by atoms with Crippen molar-refractivity contribution in [3.05, 3.63) is 131 Å². The number of amides is 1. The van der Waals surface area contributed by atoms with Crippen LogP contribution in [0.4, 0.5) is 4.39 Å². The molecule has 0 atom stereocenters. The summed E-state index contributed by atoms with van der Waals surface area (Å²) >= 11 is 6.77. The van der Waals surface area contributed by atoms with Crippen molar-refractivity contribution in [1.29, 1.82) is 0 Å². The molecule has 2 aromatic heterocycles. The van der Waals surface area contributed by atoms with Crippen LogP contribution in [0.5, 0.6) is 5.75 Å². The van der Waals surface area contributed by atoms with Crippen LogP contribution in [-0.4, -0.2) is 24.9 Å². The Morgan fingerprint density at radius 2 is 1.82 bits per heavy atom. The standard InChI is InChI=1S/C31H22FN3O3S2/c32-24-13-11-21(12-14-24)20-38-26-9-4-6-22(16-26)29-23(18-35(33-29)25-7-2-1-3-8-25)17-28-30(36)34(31(39)40-28)19-27-10-5-15-37-27/h1-18H,19-20H2. The quantitative estimate of drug-likeness (QED) is 0.145. The molecule has 1 aliphatic heterocycles. The maximum Gasteiger partial charge on any atom is 0.266 e. The van der Waals surface area contributed by atoms with Gasteiger partial charge >= 0.3 is 0 Å². The first-order valence-electron chi connectivity index (χ1n) is 12.4. The molecular weight excluding hydrogens is 545 g/mol. The number of aromatic nitrogens is 2. The van der Waals surface area contributed by atoms with Crippen LogP contribution >= 0.6 is 24.0 Å². The Balaban J connectivity index is 1.32. The Morgan fingerprint density at radius 1 is 1.00 bits per heavy atom. The molecule has 1 aliphatic rings. The van der Waals surface area contributed by atoms with Crippen LogP contribution in [0, 0.1) is 5.82 Å². The fourth-order valence-corrected chi connectivity index (χ4v) is 5.49. The highest BCUT2D eigenvalue weighted by Gasteiger charge is 2.33. The fourth-order valence-electron chi connectivity index (χ4n) is 4.25. The Kier molecular flexibility index (Phi) is 7.31. The van der Waals surface area contributed by atoms with Gasteiger partial charge in [-0.1, -0.05) is 66.4 Å². The van der Waals surface area contributed by atoms with Crippen molar-refractivity contribution in [3.8, 4) is 22.7 Å². The van der Waals surface area contributed by atoms with E-state index in [-0.39, 0.29) is 18.3 Å². The third-order valence-corrected chi connectivity index (χ3v) is 7.62. The molecule has 40 heavy (non-hydrogen) atoms. The minimum atomic E-state index is -0.287. The number of ether oxygens (including phenoxy) is 1. The number of halogens is 1. The molecule has 0 aliphatic carbocycles. The molecule has 0 saturated carbocycles. The molecule has 198 valence electrons. The Bertz CT molecular complexity index is 1700. The van der Waals surface area contributed by atoms with Gasteiger partial charge < -0.3 is 9.15 Å². The number of para-hydroxylation sites is 1. The van der Waals surface area contributed by atoms with Crippen LogP contribution in [0.15, 0.2) is 113 Å². The zero-order valence-electron chi connectivity index (χ0n) is 21.1. The lowest BCUT2D eigenvalue weighted by molar-refractivity contribution is -0.122. The molecule has 1 amide bonds. The topological polar surface area (TPSA) is 60.5 Å². The molecule has 0 radical (unpaired) electrons. The van der Waals surface area contributed by atoms with Crippen molar-refractivity contribution >= 4 is 40.3 Å². The van der Waals surface area contributed by atoms with Crippen LogP contribution in [0.1, 0.15) is 16.9 Å². The van der Waals surface area contributed by atoms with Crippen molar-refractivity contribution in [3.63, 3.8) is 0 Å². The molecule has 1 saturated heterocycles. The van der Waals surface area contributed by atoms with E-state index in [2.05, 4.69) is 0 Å². The SMILES string of the molecule is O=C1C(=Cc2cn(-c3ccccc3)nc2-c2cccc(OCc3ccc(F)cc3)c2)SC(=S)N1Cc1ccco1. The van der Waals surface area contributed by atoms with Gasteiger partial charge in [0.15, 0.2) is 0 Å². The van der Waals surface area contributed by atoms with Crippen molar-refractivity contribution in [2.24, 2.45) is 0 Å². The predicted molar refractivity (Wildman–Crippen MR) is 157 cm³/mol. The largest absolute Gasteiger partial charge is 0.489 e. The molecule has 0 bridgehead atoms. The number of carbonyl (C=O) groups is 1. The van der Waals surface area contributed by atoms with Crippen LogP contribution in [0.2, 0.25) is 0 Å². The minimum absolute atomic E-state index is 0.179. The maximum atomic E-state index is 13.3. The van der Waals surface area contributed by atoms with Crippen molar-refractivity contribution in [2.75, 3.05) is 0 Å². The van der Waals surface area contributed by atoms with Crippen LogP contribution in [0.25, 0.3) is 23.0 Å². The maximum absolute atomic E-state index is 13.3. The van der Waals surface area contributed by atoms with Gasteiger partial charge in [-0.3, -0.25) is 9.69 Å². The molecule has 0 unspecified atom stereocenters. The van der Waals surface area contributed by atoms with Gasteiger partial charge in [0.25, 0.3) is 5.91 Å². The lowest BCUT2D eigenvalue weighted by Gasteiger charge is -2.11. The molecule has 0 N–H and O–H groups in total. The van der Waals surface area contributed by atoms with Gasteiger partial charge in [-0.25, -0.2) is 9.07 Å². The third kappa shape index (κ3) is 5.61. The third-order valence-electron chi connectivity index (χ3n) is 6.24. The van der Waals surface area contributed by atoms with Gasteiger partial charge in [-0.05, 0) is 60.2 Å². The number of rotatable bonds is 8. The first-order valence-corrected chi connectivity index (χ1v) is 13.7. The summed E-state index contributed by atoms with van der Waals surface area (Å²) in [6.45, 7) is 0.575. The second-order valence-electron chi connectivity index (χ2n) is 9.00. The number of thiocarbonyl (C=S) groups is 1. The summed E-state index contributed by atoms with van der Waals surface area (Å²) in [6.07, 6.45) is 5.30. The van der Waals surface area contributed by atoms with Gasteiger partial charge in [-0.2, -0.15) is 5.10 Å². The Labute approximate surface area is 239 Å². The van der Waals surface area contributed by atoms with Gasteiger partial charge in [-0.15, -0.1) is 0 Å². The van der Waals surface area contributed by atoms with E-state index in [4.69, 9.17) is 26.5 Å². The monoisotopic (exact) mass is 567 g/mol. The minimum Gasteiger partial charge on any atom is -0.489 e. The Morgan fingerprint density at radius 3 is 2.60 bits per heavy atom. The van der Waals surface area contributed by atoms with Gasteiger partial charge in [0.05, 0.1) is 23.4 Å². The summed E-state index contributed by atoms with van der Waals surface area (Å²) in [5, 5.41) is 4.88. The molecule has 0 spiro atoms. The summed E-state index contributed by atoms with van der Waals surface area (Å²) in [6, 6.07) is 27.2. The fraction of sp³-hybridized carbons (Fsp3) is 0.0645. The molecule has 6 nitrogen and oxygen atoms in total. The summed E-state index contributed by atoms with van der Waals surface area (Å²) in [5.41, 5.74) is 4.02. The second kappa shape index (κ2) is 11.3. The molecule has 9 heteroatoms. The van der Waals surface area contributed by atoms with E-state index in [1.165, 1.54) is 28.8 Å². The molecule has 1 fully saturated rings. The number of furan rings is 1. The number of nitrogens with zero attached hydrogens (tertiary/aromatic N) is 3. The Hall–Kier alpha value is -4.47. The highest BCUT2D eigenvalue weighted by Crippen LogP contribution is 2.36. The zero-order chi connectivity index (χ0) is 27.5. The molecule has 5 aromatic rings.